The van der Waals surface area contributed by atoms with Crippen molar-refractivity contribution in [1.29, 1.82) is 0 Å². The highest BCUT2D eigenvalue weighted by molar-refractivity contribution is 14.0. The summed E-state index contributed by atoms with van der Waals surface area (Å²) < 4.78 is 1.96. The Bertz CT molecular complexity index is 665. The Kier molecular flexibility index (Phi) is 6.44. The summed E-state index contributed by atoms with van der Waals surface area (Å²) in [7, 11) is 1.85. The largest absolute Gasteiger partial charge is 0.354 e. The van der Waals surface area contributed by atoms with E-state index in [9.17, 15) is 0 Å². The van der Waals surface area contributed by atoms with Crippen molar-refractivity contribution in [2.45, 2.75) is 26.4 Å². The molecule has 1 aromatic carbocycles. The number of nitrogens with zero attached hydrogens (tertiary/aromatic N) is 4. The molecule has 0 unspecified atom stereocenters. The molecule has 0 saturated heterocycles. The Balaban J connectivity index is 0.00000192. The average Bonchev–Trinajstić information content (AvgIpc) is 2.96. The van der Waals surface area contributed by atoms with Gasteiger partial charge in [-0.25, -0.2) is 0 Å². The van der Waals surface area contributed by atoms with Crippen LogP contribution >= 0.6 is 24.0 Å². The first-order valence-electron chi connectivity index (χ1n) is 7.77. The van der Waals surface area contributed by atoms with Gasteiger partial charge in [-0.2, -0.15) is 5.10 Å². The molecule has 0 atom stereocenters. The number of halogens is 1. The van der Waals surface area contributed by atoms with Crippen LogP contribution in [0.2, 0.25) is 0 Å². The number of fused-ring (bicyclic) bond motifs is 1. The van der Waals surface area contributed by atoms with Crippen LogP contribution in [-0.2, 0) is 19.5 Å². The third kappa shape index (κ3) is 4.46. The van der Waals surface area contributed by atoms with Crippen molar-refractivity contribution in [3.63, 3.8) is 0 Å². The predicted molar refractivity (Wildman–Crippen MR) is 104 cm³/mol. The Labute approximate surface area is 154 Å². The molecule has 0 amide bonds. The van der Waals surface area contributed by atoms with Gasteiger partial charge in [0.25, 0.3) is 0 Å². The highest BCUT2D eigenvalue weighted by atomic mass is 127. The van der Waals surface area contributed by atoms with E-state index in [2.05, 4.69) is 57.7 Å². The van der Waals surface area contributed by atoms with Crippen LogP contribution in [0.3, 0.4) is 0 Å². The maximum Gasteiger partial charge on any atom is 0.194 e. The molecule has 23 heavy (non-hydrogen) atoms. The van der Waals surface area contributed by atoms with Gasteiger partial charge in [0.2, 0.25) is 0 Å². The second-order valence-electron chi connectivity index (χ2n) is 5.70. The highest BCUT2D eigenvalue weighted by Crippen LogP contribution is 2.18. The van der Waals surface area contributed by atoms with E-state index in [4.69, 9.17) is 0 Å². The van der Waals surface area contributed by atoms with Gasteiger partial charge in [-0.05, 0) is 30.0 Å². The minimum absolute atomic E-state index is 0. The fraction of sp³-hybridized carbons (Fsp3) is 0.412. The van der Waals surface area contributed by atoms with Gasteiger partial charge in [0, 0.05) is 32.9 Å². The Hall–Kier alpha value is -1.57. The van der Waals surface area contributed by atoms with Gasteiger partial charge in [0.1, 0.15) is 0 Å². The molecule has 1 aliphatic heterocycles. The molecule has 1 aliphatic rings. The Morgan fingerprint density at radius 1 is 1.30 bits per heavy atom. The minimum atomic E-state index is 0. The van der Waals surface area contributed by atoms with Gasteiger partial charge in [0.15, 0.2) is 5.96 Å². The van der Waals surface area contributed by atoms with Crippen LogP contribution in [0.15, 0.2) is 41.7 Å². The summed E-state index contributed by atoms with van der Waals surface area (Å²) in [5, 5.41) is 7.75. The van der Waals surface area contributed by atoms with E-state index in [0.29, 0.717) is 0 Å². The van der Waals surface area contributed by atoms with Crippen LogP contribution in [0.4, 0.5) is 0 Å². The topological polar surface area (TPSA) is 45.5 Å². The molecule has 0 fully saturated rings. The molecule has 2 heterocycles. The Morgan fingerprint density at radius 2 is 2.09 bits per heavy atom. The van der Waals surface area contributed by atoms with E-state index in [1.807, 2.05) is 17.9 Å². The number of benzene rings is 1. The number of guanidine groups is 1. The maximum atomic E-state index is 4.42. The Morgan fingerprint density at radius 3 is 2.78 bits per heavy atom. The van der Waals surface area contributed by atoms with Crippen LogP contribution in [-0.4, -0.2) is 40.8 Å². The van der Waals surface area contributed by atoms with E-state index in [1.165, 1.54) is 16.7 Å². The molecule has 1 aromatic heterocycles. The van der Waals surface area contributed by atoms with E-state index in [0.717, 1.165) is 38.6 Å². The summed E-state index contributed by atoms with van der Waals surface area (Å²) in [6.07, 6.45) is 5.02. The summed E-state index contributed by atoms with van der Waals surface area (Å²) in [6.45, 7) is 5.67. The van der Waals surface area contributed by atoms with Crippen LogP contribution in [0.1, 0.15) is 16.7 Å². The number of hydrogen-bond donors (Lipinski definition) is 1. The normalized spacial score (nSPS) is 14.2. The fourth-order valence-corrected chi connectivity index (χ4v) is 2.88. The number of aliphatic imine (C=N–C) groups is 1. The van der Waals surface area contributed by atoms with Crippen LogP contribution in [0.5, 0.6) is 0 Å². The fourth-order valence-electron chi connectivity index (χ4n) is 2.88. The maximum absolute atomic E-state index is 4.42. The van der Waals surface area contributed by atoms with Crippen molar-refractivity contribution < 1.29 is 0 Å². The molecule has 0 aliphatic carbocycles. The van der Waals surface area contributed by atoms with Crippen molar-refractivity contribution in [3.8, 4) is 0 Å². The minimum Gasteiger partial charge on any atom is -0.354 e. The number of hydrogen-bond acceptors (Lipinski definition) is 2. The summed E-state index contributed by atoms with van der Waals surface area (Å²) in [6, 6.07) is 8.66. The number of rotatable bonds is 3. The van der Waals surface area contributed by atoms with Crippen molar-refractivity contribution in [2.24, 2.45) is 4.99 Å². The van der Waals surface area contributed by atoms with E-state index >= 15 is 0 Å². The van der Waals surface area contributed by atoms with Gasteiger partial charge in [0.05, 0.1) is 12.7 Å². The zero-order valence-electron chi connectivity index (χ0n) is 13.7. The smallest absolute Gasteiger partial charge is 0.194 e. The molecule has 124 valence electrons. The lowest BCUT2D eigenvalue weighted by atomic mass is 10.0. The zero-order chi connectivity index (χ0) is 15.4. The average molecular weight is 425 g/mol. The van der Waals surface area contributed by atoms with Gasteiger partial charge >= 0.3 is 0 Å². The molecule has 6 heteroatoms. The SMILES string of the molecule is CN=C(NCCn1cc(C)cn1)N1CCc2ccccc2C1.I. The first-order chi connectivity index (χ1) is 10.8. The van der Waals surface area contributed by atoms with Crippen molar-refractivity contribution >= 4 is 29.9 Å². The highest BCUT2D eigenvalue weighted by Gasteiger charge is 2.18. The third-order valence-corrected chi connectivity index (χ3v) is 4.03. The number of nitrogens with one attached hydrogen (secondary N) is 1. The summed E-state index contributed by atoms with van der Waals surface area (Å²) in [5.74, 6) is 0.971. The summed E-state index contributed by atoms with van der Waals surface area (Å²) in [5.41, 5.74) is 4.05. The van der Waals surface area contributed by atoms with Gasteiger partial charge < -0.3 is 10.2 Å². The first-order valence-corrected chi connectivity index (χ1v) is 7.77. The quantitative estimate of drug-likeness (QED) is 0.467. The van der Waals surface area contributed by atoms with Crippen LogP contribution in [0.25, 0.3) is 0 Å². The van der Waals surface area contributed by atoms with E-state index in [-0.39, 0.29) is 24.0 Å². The third-order valence-electron chi connectivity index (χ3n) is 4.03. The van der Waals surface area contributed by atoms with Crippen molar-refractivity contribution in [1.82, 2.24) is 20.0 Å². The van der Waals surface area contributed by atoms with E-state index < -0.39 is 0 Å². The standard InChI is InChI=1S/C17H23N5.HI/c1-14-11-20-22(12-14)10-8-19-17(18-2)21-9-7-15-5-3-4-6-16(15)13-21;/h3-6,11-12H,7-10,13H2,1-2H3,(H,18,19);1H. The lowest BCUT2D eigenvalue weighted by molar-refractivity contribution is 0.377. The molecule has 0 spiro atoms. The number of aryl methyl sites for hydroxylation is 1. The summed E-state index contributed by atoms with van der Waals surface area (Å²) >= 11 is 0. The second-order valence-corrected chi connectivity index (χ2v) is 5.70. The summed E-state index contributed by atoms with van der Waals surface area (Å²) in [4.78, 5) is 6.74. The lowest BCUT2D eigenvalue weighted by Crippen LogP contribution is -2.44. The monoisotopic (exact) mass is 425 g/mol. The predicted octanol–water partition coefficient (Wildman–Crippen LogP) is 2.44. The molecule has 2 aromatic rings. The second kappa shape index (κ2) is 8.33. The lowest BCUT2D eigenvalue weighted by Gasteiger charge is -2.31. The van der Waals surface area contributed by atoms with Gasteiger partial charge in [-0.1, -0.05) is 24.3 Å². The molecular weight excluding hydrogens is 401 g/mol. The molecule has 0 radical (unpaired) electrons. The molecule has 0 bridgehead atoms. The van der Waals surface area contributed by atoms with E-state index in [1.54, 1.807) is 0 Å². The molecule has 1 N–H and O–H groups in total. The van der Waals surface area contributed by atoms with Gasteiger partial charge in [-0.3, -0.25) is 9.67 Å². The molecular formula is C17H24IN5. The zero-order valence-corrected chi connectivity index (χ0v) is 16.0. The van der Waals surface area contributed by atoms with Crippen molar-refractivity contribution in [2.75, 3.05) is 20.1 Å². The molecule has 3 rings (SSSR count). The molecule has 0 saturated carbocycles. The first kappa shape index (κ1) is 17.8. The van der Waals surface area contributed by atoms with Gasteiger partial charge in [-0.15, -0.1) is 24.0 Å². The number of aromatic nitrogens is 2. The van der Waals surface area contributed by atoms with Crippen LogP contribution in [0, 0.1) is 6.92 Å². The van der Waals surface area contributed by atoms with Crippen LogP contribution < -0.4 is 5.32 Å². The van der Waals surface area contributed by atoms with Crippen molar-refractivity contribution in [3.05, 3.63) is 53.3 Å². The molecule has 5 nitrogen and oxygen atoms in total.